The van der Waals surface area contributed by atoms with E-state index in [9.17, 15) is 14.4 Å². The number of hydrogen-bond acceptors (Lipinski definition) is 5. The zero-order chi connectivity index (χ0) is 18.5. The average Bonchev–Trinajstić information content (AvgIpc) is 2.64. The minimum absolute atomic E-state index is 0.149. The van der Waals surface area contributed by atoms with Gasteiger partial charge in [0.2, 0.25) is 11.8 Å². The molecule has 1 saturated heterocycles. The number of benzene rings is 2. The van der Waals surface area contributed by atoms with Crippen molar-refractivity contribution in [2.75, 3.05) is 7.11 Å². The molecule has 4 amide bonds. The van der Waals surface area contributed by atoms with Crippen molar-refractivity contribution in [1.29, 1.82) is 0 Å². The monoisotopic (exact) mass is 354 g/mol. The van der Waals surface area contributed by atoms with Gasteiger partial charge in [0.15, 0.2) is 11.5 Å². The number of barbiturate groups is 1. The lowest BCUT2D eigenvalue weighted by Gasteiger charge is -2.21. The maximum Gasteiger partial charge on any atom is 0.328 e. The SMILES string of the molecule is COc1ccc(CC2C(=O)NC(=O)NC2=O)cc1OCc1ccccc1. The second kappa shape index (κ2) is 7.69. The van der Waals surface area contributed by atoms with Crippen LogP contribution >= 0.6 is 0 Å². The Morgan fingerprint density at radius 2 is 1.58 bits per heavy atom. The molecule has 1 fully saturated rings. The quantitative estimate of drug-likeness (QED) is 0.772. The molecule has 0 atom stereocenters. The maximum atomic E-state index is 11.9. The van der Waals surface area contributed by atoms with Gasteiger partial charge in [-0.05, 0) is 29.7 Å². The molecule has 1 aliphatic heterocycles. The number of rotatable bonds is 6. The third-order valence-corrected chi connectivity index (χ3v) is 4.01. The lowest BCUT2D eigenvalue weighted by atomic mass is 9.96. The Kier molecular flexibility index (Phi) is 5.17. The molecule has 1 aliphatic rings. The molecule has 0 aromatic heterocycles. The number of nitrogens with one attached hydrogen (secondary N) is 2. The molecule has 2 aromatic carbocycles. The highest BCUT2D eigenvalue weighted by molar-refractivity contribution is 6.16. The number of hydrogen-bond donors (Lipinski definition) is 2. The number of carbonyl (C=O) groups excluding carboxylic acids is 3. The molecule has 0 bridgehead atoms. The Morgan fingerprint density at radius 3 is 2.23 bits per heavy atom. The van der Waals surface area contributed by atoms with Gasteiger partial charge in [0.05, 0.1) is 7.11 Å². The zero-order valence-electron chi connectivity index (χ0n) is 14.2. The van der Waals surface area contributed by atoms with E-state index in [1.165, 1.54) is 7.11 Å². The number of imide groups is 2. The van der Waals surface area contributed by atoms with E-state index < -0.39 is 23.8 Å². The molecular formula is C19H18N2O5. The van der Waals surface area contributed by atoms with Crippen LogP contribution in [0, 0.1) is 5.92 Å². The van der Waals surface area contributed by atoms with Crippen molar-refractivity contribution in [1.82, 2.24) is 10.6 Å². The average molecular weight is 354 g/mol. The van der Waals surface area contributed by atoms with E-state index in [1.54, 1.807) is 18.2 Å². The first-order valence-electron chi connectivity index (χ1n) is 8.06. The van der Waals surface area contributed by atoms with Gasteiger partial charge in [-0.2, -0.15) is 0 Å². The Balaban J connectivity index is 1.75. The van der Waals surface area contributed by atoms with Crippen LogP contribution in [0.2, 0.25) is 0 Å². The van der Waals surface area contributed by atoms with E-state index >= 15 is 0 Å². The van der Waals surface area contributed by atoms with Crippen LogP contribution in [0.15, 0.2) is 48.5 Å². The van der Waals surface area contributed by atoms with Crippen molar-refractivity contribution in [3.63, 3.8) is 0 Å². The van der Waals surface area contributed by atoms with E-state index in [4.69, 9.17) is 9.47 Å². The molecule has 7 nitrogen and oxygen atoms in total. The van der Waals surface area contributed by atoms with E-state index in [-0.39, 0.29) is 6.42 Å². The van der Waals surface area contributed by atoms with Gasteiger partial charge in [0, 0.05) is 0 Å². The summed E-state index contributed by atoms with van der Waals surface area (Å²) in [7, 11) is 1.54. The summed E-state index contributed by atoms with van der Waals surface area (Å²) in [6.45, 7) is 0.361. The van der Waals surface area contributed by atoms with Crippen molar-refractivity contribution >= 4 is 17.8 Å². The molecule has 26 heavy (non-hydrogen) atoms. The minimum atomic E-state index is -0.969. The number of ether oxygens (including phenoxy) is 2. The van der Waals surface area contributed by atoms with Gasteiger partial charge in [-0.3, -0.25) is 20.2 Å². The van der Waals surface area contributed by atoms with Crippen LogP contribution in [0.1, 0.15) is 11.1 Å². The number of amides is 4. The van der Waals surface area contributed by atoms with E-state index in [1.807, 2.05) is 30.3 Å². The highest BCUT2D eigenvalue weighted by atomic mass is 16.5. The van der Waals surface area contributed by atoms with Gasteiger partial charge in [0.1, 0.15) is 12.5 Å². The van der Waals surface area contributed by atoms with Crippen molar-refractivity contribution < 1.29 is 23.9 Å². The third kappa shape index (κ3) is 4.00. The van der Waals surface area contributed by atoms with Gasteiger partial charge in [-0.15, -0.1) is 0 Å². The fraction of sp³-hybridized carbons (Fsp3) is 0.211. The summed E-state index contributed by atoms with van der Waals surface area (Å²) < 4.78 is 11.1. The molecule has 3 rings (SSSR count). The van der Waals surface area contributed by atoms with Crippen LogP contribution in [0.4, 0.5) is 4.79 Å². The van der Waals surface area contributed by atoms with Crippen LogP contribution in [-0.2, 0) is 22.6 Å². The Morgan fingerprint density at radius 1 is 0.885 bits per heavy atom. The van der Waals surface area contributed by atoms with E-state index in [0.717, 1.165) is 11.1 Å². The van der Waals surface area contributed by atoms with Gasteiger partial charge >= 0.3 is 6.03 Å². The van der Waals surface area contributed by atoms with Crippen LogP contribution in [-0.4, -0.2) is 25.0 Å². The van der Waals surface area contributed by atoms with Crippen LogP contribution < -0.4 is 20.1 Å². The topological polar surface area (TPSA) is 93.7 Å². The summed E-state index contributed by atoms with van der Waals surface area (Å²) in [6, 6.07) is 14.1. The first-order chi connectivity index (χ1) is 12.6. The maximum absolute atomic E-state index is 11.9. The van der Waals surface area contributed by atoms with Crippen LogP contribution in [0.3, 0.4) is 0 Å². The summed E-state index contributed by atoms with van der Waals surface area (Å²) in [5.74, 6) is -1.12. The number of methoxy groups -OCH3 is 1. The molecule has 0 spiro atoms. The van der Waals surface area contributed by atoms with Crippen molar-refractivity contribution in [3.05, 3.63) is 59.7 Å². The molecule has 0 saturated carbocycles. The summed E-state index contributed by atoms with van der Waals surface area (Å²) in [6.07, 6.45) is 0.149. The van der Waals surface area contributed by atoms with Gasteiger partial charge < -0.3 is 9.47 Å². The van der Waals surface area contributed by atoms with Crippen molar-refractivity contribution in [2.24, 2.45) is 5.92 Å². The largest absolute Gasteiger partial charge is 0.493 e. The predicted octanol–water partition coefficient (Wildman–Crippen LogP) is 1.80. The Bertz CT molecular complexity index is 815. The first-order valence-corrected chi connectivity index (χ1v) is 8.06. The molecular weight excluding hydrogens is 336 g/mol. The Hall–Kier alpha value is -3.35. The summed E-state index contributed by atoms with van der Waals surface area (Å²) in [5, 5.41) is 4.20. The molecule has 0 aliphatic carbocycles. The normalized spacial score (nSPS) is 14.6. The molecule has 0 radical (unpaired) electrons. The van der Waals surface area contributed by atoms with Crippen molar-refractivity contribution in [3.8, 4) is 11.5 Å². The number of urea groups is 1. The summed E-state index contributed by atoms with van der Waals surface area (Å²) in [4.78, 5) is 34.9. The van der Waals surface area contributed by atoms with Crippen LogP contribution in [0.5, 0.6) is 11.5 Å². The smallest absolute Gasteiger partial charge is 0.328 e. The Labute approximate surface area is 150 Å². The molecule has 2 N–H and O–H groups in total. The predicted molar refractivity (Wildman–Crippen MR) is 92.6 cm³/mol. The number of carbonyl (C=O) groups is 3. The van der Waals surface area contributed by atoms with E-state index in [2.05, 4.69) is 10.6 Å². The first kappa shape index (κ1) is 17.5. The van der Waals surface area contributed by atoms with Gasteiger partial charge in [-0.25, -0.2) is 4.79 Å². The van der Waals surface area contributed by atoms with Gasteiger partial charge in [0.25, 0.3) is 0 Å². The van der Waals surface area contributed by atoms with Crippen LogP contribution in [0.25, 0.3) is 0 Å². The standard InChI is InChI=1S/C19H18N2O5/c1-25-15-8-7-13(9-14-17(22)20-19(24)21-18(14)23)10-16(15)26-11-12-5-3-2-4-6-12/h2-8,10,14H,9,11H2,1H3,(H2,20,21,22,23,24). The second-order valence-corrected chi connectivity index (χ2v) is 5.82. The summed E-state index contributed by atoms with van der Waals surface area (Å²) >= 11 is 0. The second-order valence-electron chi connectivity index (χ2n) is 5.82. The zero-order valence-corrected chi connectivity index (χ0v) is 14.2. The minimum Gasteiger partial charge on any atom is -0.493 e. The lowest BCUT2D eigenvalue weighted by molar-refractivity contribution is -0.135. The fourth-order valence-electron chi connectivity index (χ4n) is 2.67. The molecule has 1 heterocycles. The molecule has 0 unspecified atom stereocenters. The highest BCUT2D eigenvalue weighted by Gasteiger charge is 2.34. The fourth-order valence-corrected chi connectivity index (χ4v) is 2.67. The molecule has 7 heteroatoms. The van der Waals surface area contributed by atoms with E-state index in [0.29, 0.717) is 18.1 Å². The van der Waals surface area contributed by atoms with Gasteiger partial charge in [-0.1, -0.05) is 36.4 Å². The lowest BCUT2D eigenvalue weighted by Crippen LogP contribution is -2.56. The third-order valence-electron chi connectivity index (χ3n) is 4.01. The molecule has 2 aromatic rings. The van der Waals surface area contributed by atoms with Crippen molar-refractivity contribution in [2.45, 2.75) is 13.0 Å². The molecule has 134 valence electrons. The highest BCUT2D eigenvalue weighted by Crippen LogP contribution is 2.30. The summed E-state index contributed by atoms with van der Waals surface area (Å²) in [5.41, 5.74) is 1.73.